The molecule has 0 fully saturated rings. The van der Waals surface area contributed by atoms with E-state index in [1.807, 2.05) is 37.3 Å². The maximum absolute atomic E-state index is 13.2. The minimum absolute atomic E-state index is 0.228. The lowest BCUT2D eigenvalue weighted by molar-refractivity contribution is 0.627. The predicted octanol–water partition coefficient (Wildman–Crippen LogP) is 3.33. The van der Waals surface area contributed by atoms with E-state index in [4.69, 9.17) is 5.73 Å². The Balaban J connectivity index is 2.10. The fourth-order valence-electron chi connectivity index (χ4n) is 1.73. The summed E-state index contributed by atoms with van der Waals surface area (Å²) in [6.07, 6.45) is 0. The number of anilines is 2. The first-order valence-electron chi connectivity index (χ1n) is 5.49. The molecule has 2 aromatic carbocycles. The van der Waals surface area contributed by atoms with Gasteiger partial charge in [0.15, 0.2) is 0 Å². The monoisotopic (exact) mass is 230 g/mol. The Morgan fingerprint density at radius 1 is 1.18 bits per heavy atom. The normalized spacial score (nSPS) is 10.2. The molecule has 0 aliphatic heterocycles. The zero-order valence-corrected chi connectivity index (χ0v) is 9.70. The number of nitrogen functional groups attached to an aromatic ring is 1. The molecule has 2 nitrogen and oxygen atoms in total. The van der Waals surface area contributed by atoms with E-state index in [2.05, 4.69) is 5.32 Å². The Morgan fingerprint density at radius 2 is 1.94 bits per heavy atom. The van der Waals surface area contributed by atoms with Crippen molar-refractivity contribution in [2.75, 3.05) is 11.1 Å². The van der Waals surface area contributed by atoms with Crippen LogP contribution in [0.5, 0.6) is 0 Å². The van der Waals surface area contributed by atoms with Crippen molar-refractivity contribution in [2.24, 2.45) is 0 Å². The van der Waals surface area contributed by atoms with Crippen LogP contribution in [-0.2, 0) is 6.54 Å². The summed E-state index contributed by atoms with van der Waals surface area (Å²) in [5.74, 6) is -0.228. The highest BCUT2D eigenvalue weighted by Crippen LogP contribution is 2.16. The maximum atomic E-state index is 13.2. The summed E-state index contributed by atoms with van der Waals surface area (Å²) in [5, 5.41) is 3.16. The molecule has 3 heteroatoms. The Morgan fingerprint density at radius 3 is 2.65 bits per heavy atom. The van der Waals surface area contributed by atoms with Crippen molar-refractivity contribution in [3.05, 3.63) is 59.4 Å². The lowest BCUT2D eigenvalue weighted by atomic mass is 10.1. The van der Waals surface area contributed by atoms with Crippen LogP contribution in [0.15, 0.2) is 42.5 Å². The largest absolute Gasteiger partial charge is 0.398 e. The Bertz CT molecular complexity index is 503. The van der Waals surface area contributed by atoms with Crippen molar-refractivity contribution < 1.29 is 4.39 Å². The van der Waals surface area contributed by atoms with Gasteiger partial charge in [-0.15, -0.1) is 0 Å². The van der Waals surface area contributed by atoms with Crippen LogP contribution in [0.3, 0.4) is 0 Å². The summed E-state index contributed by atoms with van der Waals surface area (Å²) in [6.45, 7) is 2.46. The van der Waals surface area contributed by atoms with E-state index >= 15 is 0 Å². The van der Waals surface area contributed by atoms with Crippen LogP contribution in [0, 0.1) is 12.7 Å². The van der Waals surface area contributed by atoms with Gasteiger partial charge < -0.3 is 11.1 Å². The average molecular weight is 230 g/mol. The third kappa shape index (κ3) is 2.97. The second-order valence-electron chi connectivity index (χ2n) is 4.07. The van der Waals surface area contributed by atoms with Gasteiger partial charge in [0.2, 0.25) is 0 Å². The van der Waals surface area contributed by atoms with Gasteiger partial charge in [0.05, 0.1) is 0 Å². The fraction of sp³-hybridized carbons (Fsp3) is 0.143. The summed E-state index contributed by atoms with van der Waals surface area (Å²) in [7, 11) is 0. The smallest absolute Gasteiger partial charge is 0.125 e. The summed E-state index contributed by atoms with van der Waals surface area (Å²) >= 11 is 0. The van der Waals surface area contributed by atoms with E-state index < -0.39 is 0 Å². The van der Waals surface area contributed by atoms with Crippen LogP contribution in [-0.4, -0.2) is 0 Å². The summed E-state index contributed by atoms with van der Waals surface area (Å²) < 4.78 is 13.2. The molecule has 0 saturated heterocycles. The van der Waals surface area contributed by atoms with Gasteiger partial charge in [-0.25, -0.2) is 4.39 Å². The first-order chi connectivity index (χ1) is 8.15. The molecule has 0 heterocycles. The van der Waals surface area contributed by atoms with E-state index in [0.29, 0.717) is 6.54 Å². The van der Waals surface area contributed by atoms with Gasteiger partial charge in [-0.05, 0) is 42.3 Å². The highest BCUT2D eigenvalue weighted by atomic mass is 19.1. The van der Waals surface area contributed by atoms with Crippen LogP contribution >= 0.6 is 0 Å². The molecule has 0 unspecified atom stereocenters. The van der Waals surface area contributed by atoms with Crippen LogP contribution in [0.25, 0.3) is 0 Å². The highest BCUT2D eigenvalue weighted by Gasteiger charge is 2.00. The van der Waals surface area contributed by atoms with Crippen LogP contribution in [0.2, 0.25) is 0 Å². The molecule has 0 spiro atoms. The molecule has 17 heavy (non-hydrogen) atoms. The molecule has 0 saturated carbocycles. The maximum Gasteiger partial charge on any atom is 0.125 e. The van der Waals surface area contributed by atoms with Crippen molar-refractivity contribution in [3.63, 3.8) is 0 Å². The molecule has 2 aromatic rings. The van der Waals surface area contributed by atoms with Crippen molar-refractivity contribution in [2.45, 2.75) is 13.5 Å². The number of para-hydroxylation sites is 1. The first-order valence-corrected chi connectivity index (χ1v) is 5.49. The Hall–Kier alpha value is -2.03. The number of benzene rings is 2. The van der Waals surface area contributed by atoms with Crippen LogP contribution < -0.4 is 11.1 Å². The van der Waals surface area contributed by atoms with Gasteiger partial charge in [0.1, 0.15) is 5.82 Å². The fourth-order valence-corrected chi connectivity index (χ4v) is 1.73. The van der Waals surface area contributed by atoms with Gasteiger partial charge in [0.25, 0.3) is 0 Å². The lowest BCUT2D eigenvalue weighted by Crippen LogP contribution is -2.03. The zero-order chi connectivity index (χ0) is 12.3. The second kappa shape index (κ2) is 4.87. The van der Waals surface area contributed by atoms with E-state index in [9.17, 15) is 4.39 Å². The minimum atomic E-state index is -0.228. The summed E-state index contributed by atoms with van der Waals surface area (Å²) in [4.78, 5) is 0. The van der Waals surface area contributed by atoms with E-state index in [-0.39, 0.29) is 5.82 Å². The third-order valence-corrected chi connectivity index (χ3v) is 2.58. The quantitative estimate of drug-likeness (QED) is 0.794. The SMILES string of the molecule is Cc1cc(F)cc(NCc2ccccc2N)c1. The number of halogens is 1. The Kier molecular flexibility index (Phi) is 3.28. The molecular formula is C14H15FN2. The Labute approximate surface area is 100 Å². The van der Waals surface area contributed by atoms with Gasteiger partial charge in [-0.1, -0.05) is 18.2 Å². The van der Waals surface area contributed by atoms with Gasteiger partial charge in [0, 0.05) is 17.9 Å². The van der Waals surface area contributed by atoms with Crippen molar-refractivity contribution in [1.29, 1.82) is 0 Å². The summed E-state index contributed by atoms with van der Waals surface area (Å²) in [6, 6.07) is 12.5. The van der Waals surface area contributed by atoms with Crippen LogP contribution in [0.4, 0.5) is 15.8 Å². The highest BCUT2D eigenvalue weighted by molar-refractivity contribution is 5.51. The summed E-state index contributed by atoms with van der Waals surface area (Å²) in [5.41, 5.74) is 9.25. The molecule has 0 aliphatic rings. The molecule has 2 rings (SSSR count). The molecule has 88 valence electrons. The number of hydrogen-bond acceptors (Lipinski definition) is 2. The molecule has 0 amide bonds. The van der Waals surface area contributed by atoms with E-state index in [1.54, 1.807) is 0 Å². The predicted molar refractivity (Wildman–Crippen MR) is 69.3 cm³/mol. The number of rotatable bonds is 3. The average Bonchev–Trinajstić information content (AvgIpc) is 2.27. The van der Waals surface area contributed by atoms with E-state index in [0.717, 1.165) is 22.5 Å². The number of aryl methyl sites for hydroxylation is 1. The lowest BCUT2D eigenvalue weighted by Gasteiger charge is -2.09. The number of nitrogens with one attached hydrogen (secondary N) is 1. The standard InChI is InChI=1S/C14H15FN2/c1-10-6-12(15)8-13(7-10)17-9-11-4-2-3-5-14(11)16/h2-8,17H,9,16H2,1H3. The van der Waals surface area contributed by atoms with E-state index in [1.165, 1.54) is 12.1 Å². The number of nitrogens with two attached hydrogens (primary N) is 1. The zero-order valence-electron chi connectivity index (χ0n) is 9.70. The van der Waals surface area contributed by atoms with Crippen molar-refractivity contribution >= 4 is 11.4 Å². The molecule has 3 N–H and O–H groups in total. The topological polar surface area (TPSA) is 38.0 Å². The van der Waals surface area contributed by atoms with Gasteiger partial charge >= 0.3 is 0 Å². The molecule has 0 aliphatic carbocycles. The molecule has 0 atom stereocenters. The number of hydrogen-bond donors (Lipinski definition) is 2. The first kappa shape index (κ1) is 11.5. The second-order valence-corrected chi connectivity index (χ2v) is 4.07. The molecule has 0 radical (unpaired) electrons. The van der Waals surface area contributed by atoms with Gasteiger partial charge in [-0.3, -0.25) is 0 Å². The van der Waals surface area contributed by atoms with Crippen LogP contribution in [0.1, 0.15) is 11.1 Å². The molecule has 0 aromatic heterocycles. The molecular weight excluding hydrogens is 215 g/mol. The minimum Gasteiger partial charge on any atom is -0.398 e. The molecule has 0 bridgehead atoms. The third-order valence-electron chi connectivity index (χ3n) is 2.58. The van der Waals surface area contributed by atoms with Gasteiger partial charge in [-0.2, -0.15) is 0 Å². The van der Waals surface area contributed by atoms with Crippen molar-refractivity contribution in [1.82, 2.24) is 0 Å². The van der Waals surface area contributed by atoms with Crippen molar-refractivity contribution in [3.8, 4) is 0 Å².